The number of esters is 1. The number of nitrogens with one attached hydrogen (secondary N) is 4. The van der Waals surface area contributed by atoms with Gasteiger partial charge in [0.15, 0.2) is 11.5 Å². The number of rotatable bonds is 22. The first kappa shape index (κ1) is 67.5. The number of aromatic hydroxyl groups is 1. The van der Waals surface area contributed by atoms with Gasteiger partial charge in [0.1, 0.15) is 41.7 Å². The van der Waals surface area contributed by atoms with Crippen molar-refractivity contribution in [1.82, 2.24) is 31.1 Å². The van der Waals surface area contributed by atoms with Crippen LogP contribution in [0.2, 0.25) is 5.02 Å². The molecule has 9 amide bonds. The number of likely N-dealkylation sites (N-methyl/N-ethyl adjacent to an activating group) is 1. The molecule has 0 aliphatic carbocycles. The first-order chi connectivity index (χ1) is 40.5. The zero-order chi connectivity index (χ0) is 63.5. The fourth-order valence-corrected chi connectivity index (χ4v) is 11.1. The Morgan fingerprint density at radius 3 is 2.34 bits per heavy atom. The summed E-state index contributed by atoms with van der Waals surface area (Å²) < 4.78 is 23.9. The number of unbranched alkanes of at least 4 members (excludes halogenated alkanes) is 2. The van der Waals surface area contributed by atoms with Gasteiger partial charge in [-0.15, -0.1) is 0 Å². The minimum atomic E-state index is -1.91. The number of epoxide rings is 1. The number of ether oxygens (including phenoxy) is 4. The van der Waals surface area contributed by atoms with Crippen LogP contribution in [0.4, 0.5) is 15.3 Å². The highest BCUT2D eigenvalue weighted by Gasteiger charge is 2.64. The third-order valence-electron chi connectivity index (χ3n) is 16.3. The number of phenolic OH excluding ortho intramolecular Hbond substituents is 1. The molecule has 0 radical (unpaired) electrons. The van der Waals surface area contributed by atoms with Gasteiger partial charge in [-0.2, -0.15) is 0 Å². The number of Topliss-reactive ketones (excluding diaryl/α,β-unsaturated/α-hetero) is 1. The Hall–Kier alpha value is -7.67. The summed E-state index contributed by atoms with van der Waals surface area (Å²) >= 11 is 6.85. The lowest BCUT2D eigenvalue weighted by Crippen LogP contribution is -2.63. The number of aryl methyl sites for hydroxylation is 1. The first-order valence-electron chi connectivity index (χ1n) is 28.8. The van der Waals surface area contributed by atoms with Gasteiger partial charge < -0.3 is 60.6 Å². The number of hydrogen-bond acceptors (Lipinski definition) is 16. The molecule has 25 heteroatoms. The normalized spacial score (nSPS) is 25.1. The maximum Gasteiger partial charge on any atom is 0.409 e. The standard InChI is InChI=1S/C61H81ClN8O16/c1-33(2)53(66-48(73)19-12-11-13-25-70-49(74)22-23-50(70)75)55(77)65-41(17-15-24-64-58(63)80)44(72)29-39-20-21-40(30-43(39)71)56(78)68(8)37(6)57(79)85-47-31-51(76)69(9)42-28-38(27-35(4)52(42)62)26-34(3)16-14-18-46(83-10)61(82)32-45(84-59(81)67-61)36(5)54-60(47,7)86-54/h14,16,18,20-23,27-28,30,33,36-37,41,45-47,53-54,71,82H,11-13,15,17,19,24-26,29,31-32H2,1-10H3,(H,65,77)(H,66,73)(H,67,81)(H3,63,64,80)/b18-14+,34-16+/t36-,37+,41+,45+,46-,47+,53+,54+,60+,61+/m1/s1. The zero-order valence-corrected chi connectivity index (χ0v) is 51.1. The van der Waals surface area contributed by atoms with Gasteiger partial charge in [-0.25, -0.2) is 14.4 Å². The molecule has 468 valence electrons. The van der Waals surface area contributed by atoms with Crippen molar-refractivity contribution in [3.8, 4) is 5.75 Å². The van der Waals surface area contributed by atoms with Crippen LogP contribution in [0.3, 0.4) is 0 Å². The molecule has 4 bridgehead atoms. The van der Waals surface area contributed by atoms with E-state index in [1.54, 1.807) is 53.0 Å². The van der Waals surface area contributed by atoms with Gasteiger partial charge in [-0.05, 0) is 95.0 Å². The number of imide groups is 1. The van der Waals surface area contributed by atoms with Crippen LogP contribution in [0.25, 0.3) is 0 Å². The summed E-state index contributed by atoms with van der Waals surface area (Å²) in [6.07, 6.45) is 3.83. The molecule has 2 fully saturated rings. The number of ketones is 1. The minimum absolute atomic E-state index is 0.0267. The summed E-state index contributed by atoms with van der Waals surface area (Å²) in [6.45, 7) is 12.3. The summed E-state index contributed by atoms with van der Waals surface area (Å²) in [7, 11) is 4.29. The van der Waals surface area contributed by atoms with Crippen LogP contribution < -0.4 is 31.9 Å². The Bertz CT molecular complexity index is 3020. The van der Waals surface area contributed by atoms with E-state index in [-0.39, 0.29) is 61.7 Å². The second kappa shape index (κ2) is 29.1. The lowest BCUT2D eigenvalue weighted by atomic mass is 9.83. The van der Waals surface area contributed by atoms with E-state index < -0.39 is 132 Å². The number of primary amides is 1. The van der Waals surface area contributed by atoms with Gasteiger partial charge in [-0.1, -0.05) is 74.7 Å². The SMILES string of the molecule is CO[C@@H]1/C=C/C=C(\C)Cc2cc(C)c(Cl)c(c2)N(C)C(=O)C[C@H](OC(=O)[C@H](C)N(C)C(=O)c2ccc(CC(=O)[C@H](CCCNC(N)=O)NC(=O)[C@@H](NC(=O)CCCCCN3C(=O)C=CC3=O)C(C)C)c(O)c2)[C@]2(C)O[C@H]2[C@H](C)[C@@H]2C[C@@]1(O)NC(=O)O2. The monoisotopic (exact) mass is 1220 g/mol. The molecule has 8 N–H and O–H groups in total. The molecule has 0 spiro atoms. The number of nitrogens with two attached hydrogens (primary N) is 1. The molecule has 0 saturated carbocycles. The number of aliphatic hydroxyl groups is 1. The Morgan fingerprint density at radius 2 is 1.69 bits per heavy atom. The summed E-state index contributed by atoms with van der Waals surface area (Å²) in [4.78, 5) is 136. The number of hydrogen-bond donors (Lipinski definition) is 7. The van der Waals surface area contributed by atoms with Crippen molar-refractivity contribution in [3.63, 3.8) is 0 Å². The number of anilines is 1. The van der Waals surface area contributed by atoms with E-state index in [2.05, 4.69) is 21.3 Å². The van der Waals surface area contributed by atoms with Crippen LogP contribution in [0.15, 0.2) is 66.3 Å². The topological polar surface area (TPSA) is 335 Å². The number of fused-ring (bicyclic) bond motifs is 5. The fourth-order valence-electron chi connectivity index (χ4n) is 10.8. The number of carbonyl (C=O) groups excluding carboxylic acids is 10. The molecule has 4 heterocycles. The van der Waals surface area contributed by atoms with Crippen molar-refractivity contribution in [1.29, 1.82) is 0 Å². The Kier molecular flexibility index (Phi) is 22.9. The Labute approximate surface area is 505 Å². The van der Waals surface area contributed by atoms with Gasteiger partial charge >= 0.3 is 18.1 Å². The van der Waals surface area contributed by atoms with Crippen molar-refractivity contribution < 1.29 is 77.1 Å². The average Bonchev–Trinajstić information content (AvgIpc) is 1.64. The lowest BCUT2D eigenvalue weighted by molar-refractivity contribution is -0.158. The van der Waals surface area contributed by atoms with E-state index in [4.69, 9.17) is 36.3 Å². The summed E-state index contributed by atoms with van der Waals surface area (Å²) in [5.41, 5.74) is 4.83. The minimum Gasteiger partial charge on any atom is -0.508 e. The second-order valence-corrected chi connectivity index (χ2v) is 23.6. The number of urea groups is 1. The van der Waals surface area contributed by atoms with Crippen LogP contribution in [0.1, 0.15) is 120 Å². The molecular formula is C61H81ClN8O16. The summed E-state index contributed by atoms with van der Waals surface area (Å²) in [5, 5.41) is 34.0. The molecule has 4 aliphatic heterocycles. The largest absolute Gasteiger partial charge is 0.508 e. The Balaban J connectivity index is 1.15. The molecule has 0 unspecified atom stereocenters. The van der Waals surface area contributed by atoms with Crippen molar-refractivity contribution in [2.24, 2.45) is 17.6 Å². The van der Waals surface area contributed by atoms with E-state index >= 15 is 0 Å². The first-order valence-corrected chi connectivity index (χ1v) is 29.2. The predicted octanol–water partition coefficient (Wildman–Crippen LogP) is 4.50. The van der Waals surface area contributed by atoms with Crippen molar-refractivity contribution in [3.05, 3.63) is 93.6 Å². The van der Waals surface area contributed by atoms with Crippen molar-refractivity contribution in [2.45, 2.75) is 167 Å². The number of phenols is 1. The maximum absolute atomic E-state index is 14.5. The van der Waals surface area contributed by atoms with E-state index in [1.165, 1.54) is 50.3 Å². The number of benzene rings is 2. The second-order valence-electron chi connectivity index (χ2n) is 23.2. The van der Waals surface area contributed by atoms with E-state index in [9.17, 15) is 58.2 Å². The molecule has 2 aromatic carbocycles. The third-order valence-corrected chi connectivity index (χ3v) is 16.8. The van der Waals surface area contributed by atoms with Gasteiger partial charge in [0.2, 0.25) is 17.7 Å². The molecule has 0 aromatic heterocycles. The van der Waals surface area contributed by atoms with Crippen LogP contribution in [0, 0.1) is 18.8 Å². The zero-order valence-electron chi connectivity index (χ0n) is 50.4. The van der Waals surface area contributed by atoms with Crippen LogP contribution in [0.5, 0.6) is 5.75 Å². The molecular weight excluding hydrogens is 1140 g/mol. The van der Waals surface area contributed by atoms with Gasteiger partial charge in [-0.3, -0.25) is 43.8 Å². The van der Waals surface area contributed by atoms with E-state index in [0.717, 1.165) is 27.0 Å². The number of alkyl carbamates (subject to hydrolysis) is 1. The highest BCUT2D eigenvalue weighted by molar-refractivity contribution is 6.34. The molecule has 24 nitrogen and oxygen atoms in total. The maximum atomic E-state index is 14.5. The van der Waals surface area contributed by atoms with Crippen molar-refractivity contribution >= 4 is 76.6 Å². The van der Waals surface area contributed by atoms with Gasteiger partial charge in [0.25, 0.3) is 17.7 Å². The quantitative estimate of drug-likeness (QED) is 0.0369. The predicted molar refractivity (Wildman–Crippen MR) is 315 cm³/mol. The lowest BCUT2D eigenvalue weighted by Gasteiger charge is -2.42. The van der Waals surface area contributed by atoms with Gasteiger partial charge in [0, 0.05) is 82.8 Å². The highest BCUT2D eigenvalue weighted by Crippen LogP contribution is 2.49. The summed E-state index contributed by atoms with van der Waals surface area (Å²) in [5.74, 6) is -6.08. The molecule has 2 saturated heterocycles. The Morgan fingerprint density at radius 1 is 0.988 bits per heavy atom. The fraction of sp³-hybridized carbons (Fsp3) is 0.541. The molecule has 6 rings (SSSR count). The number of allylic oxidation sites excluding steroid dienone is 3. The van der Waals surface area contributed by atoms with E-state index in [0.29, 0.717) is 42.0 Å². The molecule has 4 aliphatic rings. The van der Waals surface area contributed by atoms with Crippen molar-refractivity contribution in [2.75, 3.05) is 39.2 Å². The van der Waals surface area contributed by atoms with Gasteiger partial charge in [0.05, 0.1) is 29.3 Å². The van der Waals surface area contributed by atoms with Crippen LogP contribution in [-0.4, -0.2) is 167 Å². The molecule has 10 atom stereocenters. The van der Waals surface area contributed by atoms with E-state index in [1.807, 2.05) is 26.0 Å². The highest BCUT2D eigenvalue weighted by atomic mass is 35.5. The number of halogens is 1. The number of nitrogens with zero attached hydrogens (tertiary/aromatic N) is 3. The molecule has 2 aromatic rings. The summed E-state index contributed by atoms with van der Waals surface area (Å²) in [6, 6.07) is 3.21. The average molecular weight is 1220 g/mol. The third kappa shape index (κ3) is 16.9. The number of amides is 9. The number of carbonyl (C=O) groups is 10. The number of methoxy groups -OCH3 is 1. The van der Waals surface area contributed by atoms with Crippen LogP contribution >= 0.6 is 11.6 Å². The smallest absolute Gasteiger partial charge is 0.409 e. The van der Waals surface area contributed by atoms with Crippen LogP contribution in [-0.2, 0) is 65.4 Å². The molecule has 86 heavy (non-hydrogen) atoms.